The van der Waals surface area contributed by atoms with Crippen LogP contribution in [0, 0.1) is 11.3 Å². The van der Waals surface area contributed by atoms with Gasteiger partial charge in [0.05, 0.1) is 5.41 Å². The molecule has 2 amide bonds. The maximum Gasteiger partial charge on any atom is 0.231 e. The van der Waals surface area contributed by atoms with E-state index in [-0.39, 0.29) is 30.1 Å². The van der Waals surface area contributed by atoms with Crippen LogP contribution in [0.25, 0.3) is 0 Å². The molecule has 0 saturated heterocycles. The maximum absolute atomic E-state index is 12.5. The van der Waals surface area contributed by atoms with Crippen molar-refractivity contribution in [1.82, 2.24) is 0 Å². The summed E-state index contributed by atoms with van der Waals surface area (Å²) in [5.74, 6) is -0.224. The number of nitrogens with one attached hydrogen (secondary N) is 2. The predicted molar refractivity (Wildman–Crippen MR) is 97.9 cm³/mol. The van der Waals surface area contributed by atoms with Gasteiger partial charge < -0.3 is 16.4 Å². The van der Waals surface area contributed by atoms with Crippen molar-refractivity contribution in [1.29, 1.82) is 0 Å². The van der Waals surface area contributed by atoms with Gasteiger partial charge in [0.15, 0.2) is 0 Å². The van der Waals surface area contributed by atoms with Gasteiger partial charge in [-0.25, -0.2) is 0 Å². The van der Waals surface area contributed by atoms with E-state index in [1.807, 2.05) is 27.7 Å². The lowest BCUT2D eigenvalue weighted by molar-refractivity contribution is -0.125. The lowest BCUT2D eigenvalue weighted by atomic mass is 9.81. The highest BCUT2D eigenvalue weighted by Gasteiger charge is 2.33. The molecule has 0 aromatic heterocycles. The Kier molecular flexibility index (Phi) is 8.87. The van der Waals surface area contributed by atoms with Gasteiger partial charge in [0.2, 0.25) is 11.8 Å². The second-order valence-electron chi connectivity index (χ2n) is 5.87. The summed E-state index contributed by atoms with van der Waals surface area (Å²) in [5.41, 5.74) is 6.58. The molecule has 0 bridgehead atoms. The second-order valence-corrected chi connectivity index (χ2v) is 5.87. The highest BCUT2D eigenvalue weighted by Crippen LogP contribution is 2.27. The van der Waals surface area contributed by atoms with Crippen molar-refractivity contribution < 1.29 is 9.59 Å². The summed E-state index contributed by atoms with van der Waals surface area (Å²) in [4.78, 5) is 24.2. The van der Waals surface area contributed by atoms with Gasteiger partial charge in [0, 0.05) is 23.8 Å². The van der Waals surface area contributed by atoms with Crippen molar-refractivity contribution >= 4 is 35.6 Å². The molecule has 130 valence electrons. The number of rotatable bonds is 7. The average molecular weight is 342 g/mol. The highest BCUT2D eigenvalue weighted by molar-refractivity contribution is 5.97. The number of benzene rings is 1. The molecule has 0 unspecified atom stereocenters. The van der Waals surface area contributed by atoms with E-state index in [1.165, 1.54) is 0 Å². The van der Waals surface area contributed by atoms with Crippen molar-refractivity contribution in [2.24, 2.45) is 17.1 Å². The SMILES string of the molecule is CCC(CC)(CN)C(=O)Nc1cccc(NC(=O)C(C)C)c1.Cl. The Morgan fingerprint density at radius 2 is 1.65 bits per heavy atom. The van der Waals surface area contributed by atoms with E-state index >= 15 is 0 Å². The minimum atomic E-state index is -0.544. The molecular weight excluding hydrogens is 314 g/mol. The molecule has 0 aliphatic rings. The molecule has 0 fully saturated rings. The first-order valence-corrected chi connectivity index (χ1v) is 7.81. The molecule has 1 aromatic rings. The van der Waals surface area contributed by atoms with Crippen molar-refractivity contribution in [3.63, 3.8) is 0 Å². The zero-order valence-corrected chi connectivity index (χ0v) is 15.1. The van der Waals surface area contributed by atoms with Gasteiger partial charge in [-0.05, 0) is 31.0 Å². The number of hydrogen-bond acceptors (Lipinski definition) is 3. The molecule has 0 saturated carbocycles. The molecule has 0 spiro atoms. The number of carbonyl (C=O) groups is 2. The molecular formula is C17H28ClN3O2. The van der Waals surface area contributed by atoms with Gasteiger partial charge in [0.25, 0.3) is 0 Å². The smallest absolute Gasteiger partial charge is 0.231 e. The zero-order valence-electron chi connectivity index (χ0n) is 14.3. The van der Waals surface area contributed by atoms with Gasteiger partial charge in [-0.2, -0.15) is 0 Å². The third kappa shape index (κ3) is 5.52. The molecule has 0 aliphatic heterocycles. The third-order valence-electron chi connectivity index (χ3n) is 4.14. The summed E-state index contributed by atoms with van der Waals surface area (Å²) < 4.78 is 0. The van der Waals surface area contributed by atoms with Crippen LogP contribution in [0.3, 0.4) is 0 Å². The number of hydrogen-bond donors (Lipinski definition) is 3. The van der Waals surface area contributed by atoms with Crippen LogP contribution >= 0.6 is 12.4 Å². The van der Waals surface area contributed by atoms with Crippen molar-refractivity contribution in [3.8, 4) is 0 Å². The molecule has 0 atom stereocenters. The van der Waals surface area contributed by atoms with Crippen LogP contribution < -0.4 is 16.4 Å². The molecule has 23 heavy (non-hydrogen) atoms. The van der Waals surface area contributed by atoms with Crippen molar-refractivity contribution in [2.45, 2.75) is 40.5 Å². The van der Waals surface area contributed by atoms with E-state index in [4.69, 9.17) is 5.73 Å². The van der Waals surface area contributed by atoms with Crippen LogP contribution in [-0.2, 0) is 9.59 Å². The van der Waals surface area contributed by atoms with E-state index in [0.29, 0.717) is 30.8 Å². The number of carbonyl (C=O) groups excluding carboxylic acids is 2. The van der Waals surface area contributed by atoms with Gasteiger partial charge in [-0.1, -0.05) is 33.8 Å². The molecule has 1 aromatic carbocycles. The molecule has 6 heteroatoms. The summed E-state index contributed by atoms with van der Waals surface area (Å²) in [6, 6.07) is 7.15. The summed E-state index contributed by atoms with van der Waals surface area (Å²) >= 11 is 0. The van der Waals surface area contributed by atoms with Gasteiger partial charge in [0.1, 0.15) is 0 Å². The topological polar surface area (TPSA) is 84.2 Å². The largest absolute Gasteiger partial charge is 0.329 e. The lowest BCUT2D eigenvalue weighted by Crippen LogP contribution is -2.41. The van der Waals surface area contributed by atoms with Gasteiger partial charge in [-0.3, -0.25) is 9.59 Å². The Hall–Kier alpha value is -1.59. The zero-order chi connectivity index (χ0) is 16.8. The Bertz CT molecular complexity index is 520. The lowest BCUT2D eigenvalue weighted by Gasteiger charge is -2.28. The first-order chi connectivity index (χ1) is 10.4. The fourth-order valence-electron chi connectivity index (χ4n) is 2.18. The molecule has 5 nitrogen and oxygen atoms in total. The summed E-state index contributed by atoms with van der Waals surface area (Å²) in [6.07, 6.45) is 1.38. The Morgan fingerprint density at radius 1 is 1.13 bits per heavy atom. The number of halogens is 1. The van der Waals surface area contributed by atoms with Crippen LogP contribution in [0.1, 0.15) is 40.5 Å². The molecule has 0 aliphatic carbocycles. The molecule has 1 rings (SSSR count). The van der Waals surface area contributed by atoms with Crippen LogP contribution in [-0.4, -0.2) is 18.4 Å². The Labute approximate surface area is 144 Å². The monoisotopic (exact) mass is 341 g/mol. The summed E-state index contributed by atoms with van der Waals surface area (Å²) in [6.45, 7) is 7.91. The third-order valence-corrected chi connectivity index (χ3v) is 4.14. The highest BCUT2D eigenvalue weighted by atomic mass is 35.5. The number of amides is 2. The first kappa shape index (κ1) is 21.4. The minimum Gasteiger partial charge on any atom is -0.329 e. The van der Waals surface area contributed by atoms with Gasteiger partial charge >= 0.3 is 0 Å². The predicted octanol–water partition coefficient (Wildman–Crippen LogP) is 3.41. The van der Waals surface area contributed by atoms with Crippen LogP contribution in [0.15, 0.2) is 24.3 Å². The van der Waals surface area contributed by atoms with Gasteiger partial charge in [-0.15, -0.1) is 12.4 Å². The van der Waals surface area contributed by atoms with Crippen LogP contribution in [0.4, 0.5) is 11.4 Å². The molecule has 4 N–H and O–H groups in total. The Morgan fingerprint density at radius 3 is 2.09 bits per heavy atom. The minimum absolute atomic E-state index is 0. The van der Waals surface area contributed by atoms with Crippen molar-refractivity contribution in [3.05, 3.63) is 24.3 Å². The number of nitrogens with two attached hydrogens (primary N) is 1. The van der Waals surface area contributed by atoms with Crippen molar-refractivity contribution in [2.75, 3.05) is 17.2 Å². The van der Waals surface area contributed by atoms with E-state index in [2.05, 4.69) is 10.6 Å². The Balaban J connectivity index is 0.00000484. The standard InChI is InChI=1S/C17H27N3O2.ClH/c1-5-17(6-2,11-18)16(22)20-14-9-7-8-13(10-14)19-15(21)12(3)4;/h7-10,12H,5-6,11,18H2,1-4H3,(H,19,21)(H,20,22);1H. The maximum atomic E-state index is 12.5. The number of anilines is 2. The first-order valence-electron chi connectivity index (χ1n) is 7.81. The van der Waals surface area contributed by atoms with Crippen LogP contribution in [0.2, 0.25) is 0 Å². The van der Waals surface area contributed by atoms with Crippen LogP contribution in [0.5, 0.6) is 0 Å². The summed E-state index contributed by atoms with van der Waals surface area (Å²) in [5, 5.41) is 5.73. The second kappa shape index (κ2) is 9.53. The van der Waals surface area contributed by atoms with E-state index in [1.54, 1.807) is 24.3 Å². The average Bonchev–Trinajstić information content (AvgIpc) is 2.49. The van der Waals surface area contributed by atoms with E-state index < -0.39 is 5.41 Å². The van der Waals surface area contributed by atoms with E-state index in [9.17, 15) is 9.59 Å². The molecule has 0 heterocycles. The summed E-state index contributed by atoms with van der Waals surface area (Å²) in [7, 11) is 0. The normalized spacial score (nSPS) is 10.9. The fraction of sp³-hybridized carbons (Fsp3) is 0.529. The fourth-order valence-corrected chi connectivity index (χ4v) is 2.18. The quantitative estimate of drug-likeness (QED) is 0.710. The van der Waals surface area contributed by atoms with E-state index in [0.717, 1.165) is 0 Å². The molecule has 0 radical (unpaired) electrons.